The van der Waals surface area contributed by atoms with E-state index in [-0.39, 0.29) is 35.8 Å². The third kappa shape index (κ3) is 5.34. The van der Waals surface area contributed by atoms with Gasteiger partial charge in [-0.15, -0.1) is 0 Å². The van der Waals surface area contributed by atoms with Crippen LogP contribution in [0.15, 0.2) is 24.8 Å². The summed E-state index contributed by atoms with van der Waals surface area (Å²) < 4.78 is 20.2. The molecule has 8 nitrogen and oxygen atoms in total. The fourth-order valence-corrected chi connectivity index (χ4v) is 8.19. The summed E-state index contributed by atoms with van der Waals surface area (Å²) in [6, 6.07) is 6.05. The topological polar surface area (TPSA) is 85.6 Å². The monoisotopic (exact) mass is 612 g/mol. The number of halogens is 3. The molecule has 4 atom stereocenters. The van der Waals surface area contributed by atoms with Crippen LogP contribution in [0.25, 0.3) is 0 Å². The number of hydrogen-bond acceptors (Lipinski definition) is 7. The van der Waals surface area contributed by atoms with Crippen LogP contribution in [-0.4, -0.2) is 83.8 Å². The number of nitrogens with zero attached hydrogens (tertiary/aromatic N) is 6. The predicted octanol–water partition coefficient (Wildman–Crippen LogP) is 4.69. The molecule has 4 aliphatic rings. The molecular formula is C31H35Cl2FN6O2. The number of alkyl halides is 1. The van der Waals surface area contributed by atoms with E-state index in [1.54, 1.807) is 4.90 Å². The minimum absolute atomic E-state index is 0.0480. The number of likely N-dealkylation sites (tertiary alicyclic amines) is 1. The fraction of sp³-hybridized carbons (Fsp3) is 0.548. The van der Waals surface area contributed by atoms with Crippen molar-refractivity contribution < 1.29 is 13.9 Å². The van der Waals surface area contributed by atoms with Crippen LogP contribution in [0.2, 0.25) is 10.0 Å². The molecule has 0 N–H and O–H groups in total. The largest absolute Gasteiger partial charge is 0.462 e. The van der Waals surface area contributed by atoms with Crippen molar-refractivity contribution in [2.24, 2.45) is 0 Å². The van der Waals surface area contributed by atoms with E-state index in [0.29, 0.717) is 55.7 Å². The van der Waals surface area contributed by atoms with Crippen molar-refractivity contribution in [3.05, 3.63) is 57.2 Å². The van der Waals surface area contributed by atoms with Crippen molar-refractivity contribution in [1.29, 1.82) is 5.26 Å². The van der Waals surface area contributed by atoms with Crippen molar-refractivity contribution >= 4 is 34.9 Å². The molecule has 2 aromatic rings. The Hall–Kier alpha value is -2.93. The Morgan fingerprint density at radius 2 is 2.05 bits per heavy atom. The van der Waals surface area contributed by atoms with E-state index in [9.17, 15) is 14.4 Å². The Morgan fingerprint density at radius 1 is 1.24 bits per heavy atom. The normalized spacial score (nSPS) is 27.1. The Morgan fingerprint density at radius 3 is 2.79 bits per heavy atom. The predicted molar refractivity (Wildman–Crippen MR) is 160 cm³/mol. The highest BCUT2D eigenvalue weighted by molar-refractivity contribution is 6.35. The zero-order chi connectivity index (χ0) is 29.6. The van der Waals surface area contributed by atoms with E-state index in [1.807, 2.05) is 24.1 Å². The molecule has 3 heterocycles. The van der Waals surface area contributed by atoms with E-state index in [0.717, 1.165) is 42.8 Å². The highest BCUT2D eigenvalue weighted by Gasteiger charge is 2.45. The second kappa shape index (κ2) is 11.6. The number of aryl methyl sites for hydroxylation is 1. The number of benzene rings is 1. The van der Waals surface area contributed by atoms with Gasteiger partial charge in [0, 0.05) is 59.7 Å². The van der Waals surface area contributed by atoms with Gasteiger partial charge in [-0.25, -0.2) is 4.39 Å². The molecule has 2 aliphatic heterocycles. The maximum absolute atomic E-state index is 14.0. The maximum atomic E-state index is 14.0. The van der Waals surface area contributed by atoms with Gasteiger partial charge in [0.25, 0.3) is 0 Å². The minimum atomic E-state index is -0.865. The molecule has 0 saturated carbocycles. The zero-order valence-corrected chi connectivity index (χ0v) is 25.3. The highest BCUT2D eigenvalue weighted by Crippen LogP contribution is 2.51. The van der Waals surface area contributed by atoms with Crippen LogP contribution in [0, 0.1) is 11.3 Å². The lowest BCUT2D eigenvalue weighted by atomic mass is 9.69. The highest BCUT2D eigenvalue weighted by atomic mass is 35.5. The molecule has 2 fully saturated rings. The fourth-order valence-electron chi connectivity index (χ4n) is 7.45. The Bertz CT molecular complexity index is 1450. The lowest BCUT2D eigenvalue weighted by Gasteiger charge is -2.42. The SMILES string of the molecule is C=CC(=O)N1CCN(c2nc(OC[C@@H]3C[C@@H](F)CN3C)nc3c2CCC2(CCc4cc(Cl)cc(Cl)c42)C3)C[C@@H]1CC#N. The van der Waals surface area contributed by atoms with Crippen molar-refractivity contribution in [3.8, 4) is 12.1 Å². The first-order valence-corrected chi connectivity index (χ1v) is 15.4. The third-order valence-electron chi connectivity index (χ3n) is 9.56. The molecule has 6 rings (SSSR count). The summed E-state index contributed by atoms with van der Waals surface area (Å²) >= 11 is 13.1. The number of anilines is 1. The first-order valence-electron chi connectivity index (χ1n) is 14.6. The number of hydrogen-bond donors (Lipinski definition) is 0. The number of amides is 1. The molecule has 1 amide bonds. The quantitative estimate of drug-likeness (QED) is 0.437. The van der Waals surface area contributed by atoms with Gasteiger partial charge < -0.3 is 14.5 Å². The number of piperazine rings is 1. The lowest BCUT2D eigenvalue weighted by Crippen LogP contribution is -2.55. The molecule has 1 spiro atoms. The molecule has 11 heteroatoms. The molecule has 2 saturated heterocycles. The molecule has 42 heavy (non-hydrogen) atoms. The molecule has 1 unspecified atom stereocenters. The first-order chi connectivity index (χ1) is 20.2. The molecule has 0 radical (unpaired) electrons. The van der Waals surface area contributed by atoms with Crippen molar-refractivity contribution in [3.63, 3.8) is 0 Å². The van der Waals surface area contributed by atoms with Crippen LogP contribution in [0.3, 0.4) is 0 Å². The van der Waals surface area contributed by atoms with Crippen molar-refractivity contribution in [1.82, 2.24) is 19.8 Å². The second-order valence-corrected chi connectivity index (χ2v) is 12.9. The molecule has 1 aromatic carbocycles. The van der Waals surface area contributed by atoms with Gasteiger partial charge in [-0.3, -0.25) is 9.69 Å². The first kappa shape index (κ1) is 29.2. The molecule has 0 bridgehead atoms. The number of likely N-dealkylation sites (N-methyl/N-ethyl adjacent to an activating group) is 1. The zero-order valence-electron chi connectivity index (χ0n) is 23.8. The maximum Gasteiger partial charge on any atom is 0.318 e. The van der Waals surface area contributed by atoms with Gasteiger partial charge in [0.05, 0.1) is 24.2 Å². The molecule has 222 valence electrons. The average molecular weight is 614 g/mol. The number of rotatable bonds is 6. The van der Waals surface area contributed by atoms with E-state index in [2.05, 4.69) is 17.5 Å². The van der Waals surface area contributed by atoms with Gasteiger partial charge >= 0.3 is 6.01 Å². The lowest BCUT2D eigenvalue weighted by molar-refractivity contribution is -0.128. The number of nitriles is 1. The standard InChI is InChI=1S/C31H35Cl2FN6O2/c1-3-27(41)40-11-10-39(17-22(40)6-9-35)29-24-5-8-31(7-4-19-12-20(32)13-25(33)28(19)31)15-26(24)36-30(37-29)42-18-23-14-21(34)16-38(23)2/h3,12-13,21-23H,1,4-8,10-11,14-18H2,2H3/t21-,22+,23+,31?/m1/s1. The van der Waals surface area contributed by atoms with Gasteiger partial charge in [0.1, 0.15) is 18.6 Å². The number of carbonyl (C=O) groups is 1. The summed E-state index contributed by atoms with van der Waals surface area (Å²) in [5.74, 6) is 0.622. The van der Waals surface area contributed by atoms with Crippen LogP contribution in [0.4, 0.5) is 10.2 Å². The van der Waals surface area contributed by atoms with Crippen molar-refractivity contribution in [2.45, 2.75) is 68.6 Å². The molecule has 1 aromatic heterocycles. The van der Waals surface area contributed by atoms with E-state index in [4.69, 9.17) is 37.9 Å². The number of carbonyl (C=O) groups excluding carboxylic acids is 1. The Kier molecular flexibility index (Phi) is 8.07. The number of fused-ring (bicyclic) bond motifs is 3. The van der Waals surface area contributed by atoms with Gasteiger partial charge in [0.15, 0.2) is 0 Å². The number of aromatic nitrogens is 2. The Labute approximate surface area is 256 Å². The van der Waals surface area contributed by atoms with E-state index >= 15 is 0 Å². The summed E-state index contributed by atoms with van der Waals surface area (Å²) in [6.07, 6.45) is 5.34. The smallest absolute Gasteiger partial charge is 0.318 e. The minimum Gasteiger partial charge on any atom is -0.462 e. The van der Waals surface area contributed by atoms with Gasteiger partial charge in [-0.1, -0.05) is 29.8 Å². The average Bonchev–Trinajstić information content (AvgIpc) is 3.48. The second-order valence-electron chi connectivity index (χ2n) is 12.1. The van der Waals surface area contributed by atoms with Crippen molar-refractivity contribution in [2.75, 3.05) is 44.7 Å². The van der Waals surface area contributed by atoms with Crippen LogP contribution in [-0.2, 0) is 29.5 Å². The van der Waals surface area contributed by atoms with Gasteiger partial charge in [-0.2, -0.15) is 15.2 Å². The Balaban J connectivity index is 1.35. The van der Waals surface area contributed by atoms with Crippen LogP contribution in [0.1, 0.15) is 48.1 Å². The van der Waals surface area contributed by atoms with Gasteiger partial charge in [0.2, 0.25) is 5.91 Å². The summed E-state index contributed by atoms with van der Waals surface area (Å²) in [5.41, 5.74) is 4.25. The van der Waals surface area contributed by atoms with E-state index in [1.165, 1.54) is 17.2 Å². The number of ether oxygens (including phenoxy) is 1. The summed E-state index contributed by atoms with van der Waals surface area (Å²) in [5, 5.41) is 10.9. The molecule has 2 aliphatic carbocycles. The van der Waals surface area contributed by atoms with Crippen LogP contribution >= 0.6 is 23.2 Å². The summed E-state index contributed by atoms with van der Waals surface area (Å²) in [6.45, 7) is 5.83. The van der Waals surface area contributed by atoms with Crippen LogP contribution < -0.4 is 9.64 Å². The van der Waals surface area contributed by atoms with Crippen LogP contribution in [0.5, 0.6) is 6.01 Å². The summed E-state index contributed by atoms with van der Waals surface area (Å²) in [4.78, 5) is 28.2. The third-order valence-corrected chi connectivity index (χ3v) is 10.1. The molecular weight excluding hydrogens is 578 g/mol. The summed E-state index contributed by atoms with van der Waals surface area (Å²) in [7, 11) is 1.91. The van der Waals surface area contributed by atoms with Gasteiger partial charge in [-0.05, 0) is 68.5 Å². The van der Waals surface area contributed by atoms with E-state index < -0.39 is 6.17 Å².